The first-order valence-electron chi connectivity index (χ1n) is 19.8. The standard InChI is InChI=1S/C54H37N3O/c1-54(2)45-26-10-9-23-42(45)49-41(24-13-27-46(49)54)38-29-30-47-44(33-38)50-43(25-14-28-48(50)58-47)53-56-51(39-21-11-19-36(31-39)34-15-5-3-6-16-34)55-52(57-53)40-22-12-20-37(32-40)35-17-7-4-8-18-35/h3-33H,1-2H3. The maximum Gasteiger partial charge on any atom is 0.164 e. The van der Waals surface area contributed by atoms with Crippen LogP contribution in [0.1, 0.15) is 25.0 Å². The van der Waals surface area contributed by atoms with Gasteiger partial charge in [-0.2, -0.15) is 0 Å². The molecule has 0 aliphatic heterocycles. The van der Waals surface area contributed by atoms with Gasteiger partial charge in [-0.3, -0.25) is 0 Å². The van der Waals surface area contributed by atoms with Gasteiger partial charge in [0.15, 0.2) is 17.5 Å². The molecule has 2 aromatic heterocycles. The van der Waals surface area contributed by atoms with Gasteiger partial charge >= 0.3 is 0 Å². The van der Waals surface area contributed by atoms with Crippen LogP contribution in [0.5, 0.6) is 0 Å². The summed E-state index contributed by atoms with van der Waals surface area (Å²) in [6.45, 7) is 4.65. The number of rotatable bonds is 6. The summed E-state index contributed by atoms with van der Waals surface area (Å²) in [5.41, 5.74) is 16.4. The average Bonchev–Trinajstić information content (AvgIpc) is 3.78. The lowest BCUT2D eigenvalue weighted by atomic mass is 9.82. The third-order valence-corrected chi connectivity index (χ3v) is 11.7. The predicted octanol–water partition coefficient (Wildman–Crippen LogP) is 14.1. The molecule has 1 aliphatic rings. The Labute approximate surface area is 337 Å². The van der Waals surface area contributed by atoms with Gasteiger partial charge in [-0.1, -0.05) is 172 Å². The molecule has 1 aliphatic carbocycles. The van der Waals surface area contributed by atoms with Crippen molar-refractivity contribution in [3.63, 3.8) is 0 Å². The maximum absolute atomic E-state index is 6.58. The van der Waals surface area contributed by atoms with Crippen molar-refractivity contribution in [3.05, 3.63) is 199 Å². The quantitative estimate of drug-likeness (QED) is 0.170. The van der Waals surface area contributed by atoms with E-state index in [0.717, 1.165) is 66.4 Å². The fourth-order valence-corrected chi connectivity index (χ4v) is 8.87. The normalized spacial score (nSPS) is 12.8. The third-order valence-electron chi connectivity index (χ3n) is 11.7. The van der Waals surface area contributed by atoms with Crippen molar-refractivity contribution >= 4 is 21.9 Å². The number of benzene rings is 8. The second-order valence-corrected chi connectivity index (χ2v) is 15.6. The molecule has 0 fully saturated rings. The average molecular weight is 744 g/mol. The summed E-state index contributed by atoms with van der Waals surface area (Å²) < 4.78 is 6.58. The number of furan rings is 1. The van der Waals surface area contributed by atoms with E-state index < -0.39 is 0 Å². The van der Waals surface area contributed by atoms with E-state index in [2.05, 4.69) is 178 Å². The summed E-state index contributed by atoms with van der Waals surface area (Å²) in [5.74, 6) is 1.80. The Hall–Kier alpha value is -7.43. The number of aromatic nitrogens is 3. The van der Waals surface area contributed by atoms with Gasteiger partial charge in [0.25, 0.3) is 0 Å². The molecule has 58 heavy (non-hydrogen) atoms. The van der Waals surface area contributed by atoms with Gasteiger partial charge in [-0.25, -0.2) is 15.0 Å². The van der Waals surface area contributed by atoms with Crippen molar-refractivity contribution in [1.29, 1.82) is 0 Å². The Morgan fingerprint density at radius 2 is 0.879 bits per heavy atom. The van der Waals surface area contributed by atoms with Crippen LogP contribution in [0.15, 0.2) is 192 Å². The molecule has 8 aromatic carbocycles. The highest BCUT2D eigenvalue weighted by Gasteiger charge is 2.36. The van der Waals surface area contributed by atoms with Gasteiger partial charge in [0.2, 0.25) is 0 Å². The minimum Gasteiger partial charge on any atom is -0.456 e. The van der Waals surface area contributed by atoms with Crippen molar-refractivity contribution in [3.8, 4) is 78.7 Å². The smallest absolute Gasteiger partial charge is 0.164 e. The summed E-state index contributed by atoms with van der Waals surface area (Å²) in [4.78, 5) is 15.7. The molecule has 0 saturated heterocycles. The zero-order valence-electron chi connectivity index (χ0n) is 32.1. The number of fused-ring (bicyclic) bond motifs is 6. The van der Waals surface area contributed by atoms with Crippen LogP contribution in [0.2, 0.25) is 0 Å². The van der Waals surface area contributed by atoms with Gasteiger partial charge in [0, 0.05) is 32.9 Å². The number of hydrogen-bond acceptors (Lipinski definition) is 4. The molecule has 0 spiro atoms. The van der Waals surface area contributed by atoms with E-state index in [1.165, 1.54) is 27.8 Å². The van der Waals surface area contributed by atoms with Gasteiger partial charge in [-0.15, -0.1) is 0 Å². The summed E-state index contributed by atoms with van der Waals surface area (Å²) >= 11 is 0. The van der Waals surface area contributed by atoms with E-state index >= 15 is 0 Å². The molecule has 11 rings (SSSR count). The van der Waals surface area contributed by atoms with Crippen molar-refractivity contribution in [2.75, 3.05) is 0 Å². The summed E-state index contributed by atoms with van der Waals surface area (Å²) in [6, 6.07) is 66.0. The lowest BCUT2D eigenvalue weighted by molar-refractivity contribution is 0.660. The molecular formula is C54H37N3O. The van der Waals surface area contributed by atoms with Crippen LogP contribution in [0, 0.1) is 0 Å². The third kappa shape index (κ3) is 5.56. The molecule has 0 bridgehead atoms. The van der Waals surface area contributed by atoms with Crippen LogP contribution in [0.4, 0.5) is 0 Å². The van der Waals surface area contributed by atoms with E-state index in [-0.39, 0.29) is 5.41 Å². The predicted molar refractivity (Wildman–Crippen MR) is 237 cm³/mol. The second kappa shape index (κ2) is 13.4. The summed E-state index contributed by atoms with van der Waals surface area (Å²) in [7, 11) is 0. The van der Waals surface area contributed by atoms with Crippen molar-refractivity contribution < 1.29 is 4.42 Å². The molecule has 0 N–H and O–H groups in total. The Kier molecular flexibility index (Phi) is 7.80. The van der Waals surface area contributed by atoms with E-state index in [1.54, 1.807) is 0 Å². The maximum atomic E-state index is 6.58. The van der Waals surface area contributed by atoms with E-state index in [1.807, 2.05) is 24.3 Å². The largest absolute Gasteiger partial charge is 0.456 e. The Morgan fingerprint density at radius 1 is 0.362 bits per heavy atom. The van der Waals surface area contributed by atoms with Crippen LogP contribution in [0.25, 0.3) is 101 Å². The SMILES string of the molecule is CC1(C)c2ccccc2-c2c(-c3ccc4oc5cccc(-c6nc(-c7cccc(-c8ccccc8)c7)nc(-c7cccc(-c8ccccc8)c7)n6)c5c4c3)cccc21. The van der Waals surface area contributed by atoms with Crippen LogP contribution < -0.4 is 0 Å². The summed E-state index contributed by atoms with van der Waals surface area (Å²) in [6.07, 6.45) is 0. The van der Waals surface area contributed by atoms with Crippen LogP contribution in [-0.2, 0) is 5.41 Å². The number of hydrogen-bond donors (Lipinski definition) is 0. The first-order valence-corrected chi connectivity index (χ1v) is 19.8. The molecule has 0 amide bonds. The molecule has 0 unspecified atom stereocenters. The topological polar surface area (TPSA) is 51.8 Å². The molecule has 274 valence electrons. The van der Waals surface area contributed by atoms with Crippen LogP contribution >= 0.6 is 0 Å². The van der Waals surface area contributed by atoms with E-state index in [9.17, 15) is 0 Å². The highest BCUT2D eigenvalue weighted by molar-refractivity contribution is 6.13. The molecular weight excluding hydrogens is 707 g/mol. The molecule has 4 heteroatoms. The molecule has 4 nitrogen and oxygen atoms in total. The Bertz CT molecular complexity index is 3100. The molecule has 0 saturated carbocycles. The van der Waals surface area contributed by atoms with Crippen molar-refractivity contribution in [1.82, 2.24) is 15.0 Å². The lowest BCUT2D eigenvalue weighted by Gasteiger charge is -2.21. The molecule has 0 radical (unpaired) electrons. The Morgan fingerprint density at radius 3 is 1.57 bits per heavy atom. The second-order valence-electron chi connectivity index (χ2n) is 15.6. The van der Waals surface area contributed by atoms with Gasteiger partial charge in [0.1, 0.15) is 11.2 Å². The fraction of sp³-hybridized carbons (Fsp3) is 0.0556. The zero-order chi connectivity index (χ0) is 38.8. The lowest BCUT2D eigenvalue weighted by Crippen LogP contribution is -2.14. The minimum atomic E-state index is -0.0864. The first-order chi connectivity index (χ1) is 28.5. The van der Waals surface area contributed by atoms with Crippen molar-refractivity contribution in [2.24, 2.45) is 0 Å². The number of nitrogens with zero attached hydrogens (tertiary/aromatic N) is 3. The molecule has 10 aromatic rings. The zero-order valence-corrected chi connectivity index (χ0v) is 32.1. The van der Waals surface area contributed by atoms with Crippen molar-refractivity contribution in [2.45, 2.75) is 19.3 Å². The van der Waals surface area contributed by atoms with E-state index in [4.69, 9.17) is 19.4 Å². The van der Waals surface area contributed by atoms with Crippen LogP contribution in [-0.4, -0.2) is 15.0 Å². The van der Waals surface area contributed by atoms with Gasteiger partial charge < -0.3 is 4.42 Å². The minimum absolute atomic E-state index is 0.0864. The molecule has 0 atom stereocenters. The summed E-state index contributed by atoms with van der Waals surface area (Å²) in [5, 5.41) is 2.00. The van der Waals surface area contributed by atoms with Crippen LogP contribution in [0.3, 0.4) is 0 Å². The monoisotopic (exact) mass is 743 g/mol. The van der Waals surface area contributed by atoms with E-state index in [0.29, 0.717) is 17.5 Å². The first kappa shape index (κ1) is 33.9. The van der Waals surface area contributed by atoms with Gasteiger partial charge in [-0.05, 0) is 86.0 Å². The Balaban J connectivity index is 1.11. The highest BCUT2D eigenvalue weighted by Crippen LogP contribution is 2.52. The molecule has 2 heterocycles. The fourth-order valence-electron chi connectivity index (χ4n) is 8.87. The highest BCUT2D eigenvalue weighted by atomic mass is 16.3. The van der Waals surface area contributed by atoms with Gasteiger partial charge in [0.05, 0.1) is 0 Å².